The van der Waals surface area contributed by atoms with Crippen molar-refractivity contribution in [2.75, 3.05) is 0 Å². The summed E-state index contributed by atoms with van der Waals surface area (Å²) >= 11 is 0. The van der Waals surface area contributed by atoms with E-state index in [2.05, 4.69) is 78.6 Å². The highest BCUT2D eigenvalue weighted by Crippen LogP contribution is 2.26. The van der Waals surface area contributed by atoms with Crippen molar-refractivity contribution in [2.45, 2.75) is 72.0 Å². The summed E-state index contributed by atoms with van der Waals surface area (Å²) in [4.78, 5) is 0. The lowest BCUT2D eigenvalue weighted by Gasteiger charge is -2.41. The molecule has 0 aromatic carbocycles. The van der Waals surface area contributed by atoms with Crippen molar-refractivity contribution in [1.29, 1.82) is 0 Å². The van der Waals surface area contributed by atoms with Crippen LogP contribution < -0.4 is 0 Å². The molecule has 0 radical (unpaired) electrons. The minimum Gasteiger partial charge on any atom is -0.437 e. The molecule has 1 atom stereocenters. The van der Waals surface area contributed by atoms with E-state index < -0.39 is 42.3 Å². The van der Waals surface area contributed by atoms with Gasteiger partial charge in [-0.2, -0.15) is 0 Å². The average molecular weight is 397 g/mol. The molecular formula is C13H36O4Si5. The van der Waals surface area contributed by atoms with Gasteiger partial charge in [-0.25, -0.2) is 0 Å². The zero-order valence-corrected chi connectivity index (χ0v) is 21.4. The van der Waals surface area contributed by atoms with Gasteiger partial charge in [0, 0.05) is 0 Å². The molecule has 0 aromatic heterocycles. The van der Waals surface area contributed by atoms with Crippen LogP contribution in [-0.2, 0) is 16.5 Å². The molecule has 0 aromatic rings. The lowest BCUT2D eigenvalue weighted by molar-refractivity contribution is 0.303. The van der Waals surface area contributed by atoms with Gasteiger partial charge in [-0.3, -0.25) is 0 Å². The van der Waals surface area contributed by atoms with Crippen LogP contribution in [0.3, 0.4) is 0 Å². The maximum atomic E-state index is 6.42. The van der Waals surface area contributed by atoms with Gasteiger partial charge in [0.05, 0.1) is 0 Å². The maximum Gasteiger partial charge on any atom is 0.342 e. The molecule has 0 bridgehead atoms. The topological polar surface area (TPSA) is 36.9 Å². The SMILES string of the molecule is C=C[Si](C)(O[Si](C)(C)C)O[Si](C)(C)O[Si](C)(C)O[Si](C)(C)C. The second-order valence-corrected chi connectivity index (χ2v) is 28.4. The Hall–Kier alpha value is 0.664. The average Bonchev–Trinajstić information content (AvgIpc) is 2.05. The highest BCUT2D eigenvalue weighted by molar-refractivity contribution is 6.91. The fourth-order valence-corrected chi connectivity index (χ4v) is 24.3. The second-order valence-electron chi connectivity index (χ2n) is 8.65. The van der Waals surface area contributed by atoms with Gasteiger partial charge in [-0.1, -0.05) is 5.70 Å². The normalized spacial score (nSPS) is 17.2. The van der Waals surface area contributed by atoms with Crippen LogP contribution in [0.5, 0.6) is 0 Å². The van der Waals surface area contributed by atoms with Crippen molar-refractivity contribution in [3.63, 3.8) is 0 Å². The molecule has 0 amide bonds. The van der Waals surface area contributed by atoms with Crippen molar-refractivity contribution in [3.8, 4) is 0 Å². The third-order valence-corrected chi connectivity index (χ3v) is 19.1. The predicted octanol–water partition coefficient (Wildman–Crippen LogP) is 4.92. The minimum absolute atomic E-state index is 1.63. The Morgan fingerprint density at radius 2 is 0.909 bits per heavy atom. The molecule has 0 saturated heterocycles. The van der Waals surface area contributed by atoms with Gasteiger partial charge in [0.1, 0.15) is 0 Å². The molecule has 0 N–H and O–H groups in total. The van der Waals surface area contributed by atoms with Crippen LogP contribution in [0.25, 0.3) is 0 Å². The Morgan fingerprint density at radius 1 is 0.545 bits per heavy atom. The molecule has 132 valence electrons. The molecule has 0 fully saturated rings. The zero-order chi connectivity index (χ0) is 18.0. The van der Waals surface area contributed by atoms with Crippen molar-refractivity contribution < 1.29 is 16.5 Å². The fourth-order valence-electron chi connectivity index (χ4n) is 2.57. The Bertz CT molecular complexity index is 387. The van der Waals surface area contributed by atoms with E-state index in [4.69, 9.17) is 16.5 Å². The van der Waals surface area contributed by atoms with Crippen LogP contribution in [-0.4, -0.2) is 42.3 Å². The van der Waals surface area contributed by atoms with Crippen LogP contribution >= 0.6 is 0 Å². The molecule has 0 aliphatic carbocycles. The molecule has 0 aliphatic heterocycles. The van der Waals surface area contributed by atoms with E-state index in [1.54, 1.807) is 0 Å². The monoisotopic (exact) mass is 396 g/mol. The van der Waals surface area contributed by atoms with E-state index in [9.17, 15) is 0 Å². The van der Waals surface area contributed by atoms with Gasteiger partial charge in [0.15, 0.2) is 16.6 Å². The summed E-state index contributed by atoms with van der Waals surface area (Å²) in [5.74, 6) is 0. The molecule has 1 unspecified atom stereocenters. The van der Waals surface area contributed by atoms with Gasteiger partial charge in [-0.15, -0.1) is 6.58 Å². The summed E-state index contributed by atoms with van der Waals surface area (Å²) in [5, 5.41) is 0. The van der Waals surface area contributed by atoms with E-state index in [-0.39, 0.29) is 0 Å². The zero-order valence-electron chi connectivity index (χ0n) is 16.4. The number of rotatable bonds is 9. The number of hydrogen-bond donors (Lipinski definition) is 0. The highest BCUT2D eigenvalue weighted by Gasteiger charge is 2.45. The van der Waals surface area contributed by atoms with Gasteiger partial charge >= 0.3 is 25.7 Å². The lowest BCUT2D eigenvalue weighted by Crippen LogP contribution is -2.58. The van der Waals surface area contributed by atoms with Crippen molar-refractivity contribution in [2.24, 2.45) is 0 Å². The van der Waals surface area contributed by atoms with Crippen molar-refractivity contribution >= 4 is 42.3 Å². The molecule has 0 rings (SSSR count). The Labute approximate surface area is 143 Å². The van der Waals surface area contributed by atoms with Gasteiger partial charge in [0.2, 0.25) is 0 Å². The standard InChI is InChI=1S/C13H36O4Si5/c1-13-22(12,15-19(5,6)7)17-21(10,11)16-20(8,9)14-18(2,3)4/h13H,1H2,2-12H3. The van der Waals surface area contributed by atoms with E-state index in [0.29, 0.717) is 0 Å². The summed E-state index contributed by atoms with van der Waals surface area (Å²) in [7, 11) is -10.3. The maximum absolute atomic E-state index is 6.42. The predicted molar refractivity (Wildman–Crippen MR) is 108 cm³/mol. The molecule has 22 heavy (non-hydrogen) atoms. The molecule has 0 spiro atoms. The Balaban J connectivity index is 5.04. The summed E-state index contributed by atoms with van der Waals surface area (Å²) in [5.41, 5.74) is 1.87. The summed E-state index contributed by atoms with van der Waals surface area (Å²) < 4.78 is 25.4. The molecule has 9 heteroatoms. The molecular weight excluding hydrogens is 361 g/mol. The first kappa shape index (κ1) is 22.7. The van der Waals surface area contributed by atoms with Crippen LogP contribution in [0.2, 0.25) is 72.0 Å². The Morgan fingerprint density at radius 3 is 1.23 bits per heavy atom. The fraction of sp³-hybridized carbons (Fsp3) is 0.846. The third-order valence-electron chi connectivity index (χ3n) is 2.37. The molecule has 0 heterocycles. The summed E-state index contributed by atoms with van der Waals surface area (Å²) in [6.45, 7) is 27.5. The van der Waals surface area contributed by atoms with E-state index in [1.807, 2.05) is 5.70 Å². The summed E-state index contributed by atoms with van der Waals surface area (Å²) in [6.07, 6.45) is 0. The van der Waals surface area contributed by atoms with Crippen molar-refractivity contribution in [1.82, 2.24) is 0 Å². The smallest absolute Gasteiger partial charge is 0.342 e. The van der Waals surface area contributed by atoms with E-state index >= 15 is 0 Å². The molecule has 0 aliphatic rings. The van der Waals surface area contributed by atoms with Crippen molar-refractivity contribution in [3.05, 3.63) is 12.3 Å². The van der Waals surface area contributed by atoms with Crippen LogP contribution in [0.15, 0.2) is 12.3 Å². The molecule has 4 nitrogen and oxygen atoms in total. The minimum atomic E-state index is -2.41. The van der Waals surface area contributed by atoms with Crippen LogP contribution in [0.1, 0.15) is 0 Å². The van der Waals surface area contributed by atoms with E-state index in [1.165, 1.54) is 0 Å². The quantitative estimate of drug-likeness (QED) is 0.518. The number of hydrogen-bond acceptors (Lipinski definition) is 4. The highest BCUT2D eigenvalue weighted by atomic mass is 28.5. The first-order chi connectivity index (χ1) is 9.39. The third kappa shape index (κ3) is 10.4. The summed E-state index contributed by atoms with van der Waals surface area (Å²) in [6, 6.07) is 0. The second kappa shape index (κ2) is 7.27. The van der Waals surface area contributed by atoms with Crippen LogP contribution in [0.4, 0.5) is 0 Å². The first-order valence-corrected chi connectivity index (χ1v) is 22.7. The largest absolute Gasteiger partial charge is 0.437 e. The van der Waals surface area contributed by atoms with E-state index in [0.717, 1.165) is 0 Å². The van der Waals surface area contributed by atoms with Crippen LogP contribution in [0, 0.1) is 0 Å². The molecule has 0 saturated carbocycles. The van der Waals surface area contributed by atoms with Gasteiger partial charge in [-0.05, 0) is 72.0 Å². The van der Waals surface area contributed by atoms with Gasteiger partial charge < -0.3 is 16.5 Å². The van der Waals surface area contributed by atoms with Gasteiger partial charge in [0.25, 0.3) is 0 Å². The lowest BCUT2D eigenvalue weighted by atomic mass is 11.3. The first-order valence-electron chi connectivity index (χ1n) is 7.83. The Kier molecular flexibility index (Phi) is 7.49.